The fourth-order valence-corrected chi connectivity index (χ4v) is 5.16. The molecule has 1 atom stereocenters. The summed E-state index contributed by atoms with van der Waals surface area (Å²) in [5, 5.41) is 4.16. The Hall–Kier alpha value is -3.86. The molecule has 158 valence electrons. The van der Waals surface area contributed by atoms with Crippen molar-refractivity contribution in [3.8, 4) is 0 Å². The average molecular weight is 444 g/mol. The minimum absolute atomic E-state index is 0.174. The quantitative estimate of drug-likeness (QED) is 0.415. The van der Waals surface area contributed by atoms with Gasteiger partial charge in [0, 0.05) is 37.3 Å². The van der Waals surface area contributed by atoms with Gasteiger partial charge in [0.2, 0.25) is 5.89 Å². The SMILES string of the molecule is Cn1cnc2ncn(Cc3nc(C4=C5CN(c6ccc7scnc7c6)C[C@H]54)no3)c(=O)c21. The highest BCUT2D eigenvalue weighted by atomic mass is 32.1. The van der Waals surface area contributed by atoms with E-state index in [-0.39, 0.29) is 12.1 Å². The van der Waals surface area contributed by atoms with Crippen LogP contribution in [0.4, 0.5) is 5.69 Å². The van der Waals surface area contributed by atoms with Gasteiger partial charge in [0.25, 0.3) is 5.56 Å². The van der Waals surface area contributed by atoms with Crippen LogP contribution in [0.15, 0.2) is 51.3 Å². The van der Waals surface area contributed by atoms with E-state index in [1.54, 1.807) is 29.3 Å². The van der Waals surface area contributed by atoms with Crippen LogP contribution in [0, 0.1) is 5.92 Å². The molecule has 1 fully saturated rings. The predicted molar refractivity (Wildman–Crippen MR) is 118 cm³/mol. The number of benzene rings is 1. The van der Waals surface area contributed by atoms with Crippen LogP contribution in [0.25, 0.3) is 27.0 Å². The first-order valence-corrected chi connectivity index (χ1v) is 11.0. The fraction of sp³-hybridized carbons (Fsp3) is 0.238. The Bertz CT molecular complexity index is 1620. The smallest absolute Gasteiger partial charge is 0.280 e. The molecule has 4 aromatic heterocycles. The summed E-state index contributed by atoms with van der Waals surface area (Å²) in [5.74, 6) is 1.37. The van der Waals surface area contributed by atoms with E-state index in [1.165, 1.54) is 32.4 Å². The molecule has 0 N–H and O–H groups in total. The van der Waals surface area contributed by atoms with E-state index in [2.05, 4.69) is 48.2 Å². The first-order chi connectivity index (χ1) is 15.7. The van der Waals surface area contributed by atoms with E-state index in [4.69, 9.17) is 4.52 Å². The van der Waals surface area contributed by atoms with Gasteiger partial charge in [-0.25, -0.2) is 15.0 Å². The maximum Gasteiger partial charge on any atom is 0.280 e. The maximum absolute atomic E-state index is 12.7. The Morgan fingerprint density at radius 3 is 3.00 bits per heavy atom. The predicted octanol–water partition coefficient (Wildman–Crippen LogP) is 2.07. The van der Waals surface area contributed by atoms with Gasteiger partial charge in [-0.05, 0) is 23.8 Å². The van der Waals surface area contributed by atoms with Crippen molar-refractivity contribution in [1.29, 1.82) is 0 Å². The fourth-order valence-electron chi connectivity index (χ4n) is 4.51. The van der Waals surface area contributed by atoms with Crippen LogP contribution in [0.3, 0.4) is 0 Å². The second-order valence-electron chi connectivity index (χ2n) is 8.09. The van der Waals surface area contributed by atoms with Gasteiger partial charge < -0.3 is 14.0 Å². The van der Waals surface area contributed by atoms with Crippen molar-refractivity contribution in [1.82, 2.24) is 34.2 Å². The van der Waals surface area contributed by atoms with Crippen molar-refractivity contribution in [3.05, 3.63) is 64.0 Å². The van der Waals surface area contributed by atoms with Crippen LogP contribution in [-0.2, 0) is 13.6 Å². The lowest BCUT2D eigenvalue weighted by atomic mass is 10.2. The molecule has 1 aliphatic carbocycles. The molecule has 5 heterocycles. The maximum atomic E-state index is 12.7. The van der Waals surface area contributed by atoms with Crippen LogP contribution in [-0.4, -0.2) is 47.3 Å². The summed E-state index contributed by atoms with van der Waals surface area (Å²) < 4.78 is 9.77. The highest BCUT2D eigenvalue weighted by Crippen LogP contribution is 2.51. The molecule has 1 saturated heterocycles. The van der Waals surface area contributed by atoms with Crippen LogP contribution in [0.1, 0.15) is 11.7 Å². The molecule has 0 saturated carbocycles. The second kappa shape index (κ2) is 6.33. The zero-order valence-corrected chi connectivity index (χ0v) is 17.8. The van der Waals surface area contributed by atoms with Gasteiger partial charge in [0.05, 0.1) is 22.1 Å². The van der Waals surface area contributed by atoms with Crippen LogP contribution in [0.5, 0.6) is 0 Å². The number of hydrogen-bond donors (Lipinski definition) is 0. The lowest BCUT2D eigenvalue weighted by Crippen LogP contribution is -2.22. The highest BCUT2D eigenvalue weighted by Gasteiger charge is 2.46. The zero-order chi connectivity index (χ0) is 21.4. The molecule has 10 nitrogen and oxygen atoms in total. The number of aryl methyl sites for hydroxylation is 1. The van der Waals surface area contributed by atoms with E-state index in [1.807, 2.05) is 5.51 Å². The van der Waals surface area contributed by atoms with Crippen LogP contribution < -0.4 is 10.5 Å². The van der Waals surface area contributed by atoms with Gasteiger partial charge in [-0.2, -0.15) is 4.98 Å². The van der Waals surface area contributed by atoms with Crippen molar-refractivity contribution in [3.63, 3.8) is 0 Å². The number of anilines is 1. The van der Waals surface area contributed by atoms with Gasteiger partial charge in [-0.15, -0.1) is 11.3 Å². The lowest BCUT2D eigenvalue weighted by molar-refractivity contribution is 0.367. The first-order valence-electron chi connectivity index (χ1n) is 10.2. The van der Waals surface area contributed by atoms with Crippen molar-refractivity contribution in [2.75, 3.05) is 18.0 Å². The normalized spacial score (nSPS) is 17.7. The van der Waals surface area contributed by atoms with E-state index >= 15 is 0 Å². The molecule has 0 amide bonds. The van der Waals surface area contributed by atoms with Crippen LogP contribution in [0.2, 0.25) is 0 Å². The molecule has 32 heavy (non-hydrogen) atoms. The van der Waals surface area contributed by atoms with E-state index in [0.29, 0.717) is 28.8 Å². The third-order valence-corrected chi connectivity index (χ3v) is 7.00. The Balaban J connectivity index is 1.11. The van der Waals surface area contributed by atoms with Crippen molar-refractivity contribution >= 4 is 44.0 Å². The number of aromatic nitrogens is 7. The van der Waals surface area contributed by atoms with Gasteiger partial charge in [0.15, 0.2) is 17.0 Å². The third kappa shape index (κ3) is 2.57. The lowest BCUT2D eigenvalue weighted by Gasteiger charge is -2.19. The summed E-state index contributed by atoms with van der Waals surface area (Å²) in [6.07, 6.45) is 3.04. The standard InChI is InChI=1S/C21H16N8O2S/c1-27-8-22-20-18(27)21(30)29(9-23-20)7-16-25-19(26-31-16)17-12-5-28(6-13(12)17)11-2-3-15-14(4-11)24-10-32-15/h2-4,8-10,12H,5-7H2,1H3/t12-/m1/s1. The van der Waals surface area contributed by atoms with E-state index < -0.39 is 0 Å². The Morgan fingerprint density at radius 1 is 1.22 bits per heavy atom. The second-order valence-corrected chi connectivity index (χ2v) is 8.98. The number of nitrogens with zero attached hydrogens (tertiary/aromatic N) is 8. The molecule has 11 heteroatoms. The molecular formula is C21H16N8O2S. The monoisotopic (exact) mass is 444 g/mol. The molecule has 0 spiro atoms. The molecule has 7 rings (SSSR count). The molecule has 1 aliphatic heterocycles. The molecular weight excluding hydrogens is 428 g/mol. The van der Waals surface area contributed by atoms with Crippen molar-refractivity contribution in [2.24, 2.45) is 13.0 Å². The molecule has 5 aromatic rings. The summed E-state index contributed by atoms with van der Waals surface area (Å²) in [4.78, 5) is 32.4. The number of fused-ring (bicyclic) bond motifs is 3. The zero-order valence-electron chi connectivity index (χ0n) is 17.0. The summed E-state index contributed by atoms with van der Waals surface area (Å²) in [7, 11) is 1.77. The number of imidazole rings is 1. The largest absolute Gasteiger partial charge is 0.366 e. The summed E-state index contributed by atoms with van der Waals surface area (Å²) >= 11 is 1.66. The van der Waals surface area contributed by atoms with E-state index in [0.717, 1.165) is 18.6 Å². The number of rotatable bonds is 4. The Kier molecular flexibility index (Phi) is 3.52. The van der Waals surface area contributed by atoms with Gasteiger partial charge >= 0.3 is 0 Å². The highest BCUT2D eigenvalue weighted by molar-refractivity contribution is 7.16. The molecule has 0 radical (unpaired) electrons. The average Bonchev–Trinajstić information content (AvgIpc) is 3.38. The summed E-state index contributed by atoms with van der Waals surface area (Å²) in [6.45, 7) is 1.94. The van der Waals surface area contributed by atoms with E-state index in [9.17, 15) is 4.79 Å². The van der Waals surface area contributed by atoms with Gasteiger partial charge in [-0.3, -0.25) is 9.36 Å². The molecule has 2 aliphatic rings. The topological polar surface area (TPSA) is 108 Å². The van der Waals surface area contributed by atoms with Crippen molar-refractivity contribution < 1.29 is 4.52 Å². The first kappa shape index (κ1) is 17.8. The number of hydrogen-bond acceptors (Lipinski definition) is 9. The minimum atomic E-state index is -0.187. The minimum Gasteiger partial charge on any atom is -0.366 e. The molecule has 0 bridgehead atoms. The summed E-state index contributed by atoms with van der Waals surface area (Å²) in [5.41, 5.74) is 7.31. The number of thiazole rings is 1. The summed E-state index contributed by atoms with van der Waals surface area (Å²) in [6, 6.07) is 6.43. The third-order valence-electron chi connectivity index (χ3n) is 6.19. The van der Waals surface area contributed by atoms with Gasteiger partial charge in [-0.1, -0.05) is 5.16 Å². The Labute approximate surface area is 184 Å². The Morgan fingerprint density at radius 2 is 2.12 bits per heavy atom. The van der Waals surface area contributed by atoms with Crippen LogP contribution >= 0.6 is 11.3 Å². The van der Waals surface area contributed by atoms with Crippen molar-refractivity contribution in [2.45, 2.75) is 6.54 Å². The molecule has 0 unspecified atom stereocenters. The van der Waals surface area contributed by atoms with Gasteiger partial charge in [0.1, 0.15) is 12.9 Å². The molecule has 1 aromatic carbocycles.